The number of halogens is 4. The largest absolute Gasteiger partial charge is 0.282 e. The van der Waals surface area contributed by atoms with Gasteiger partial charge in [0.15, 0.2) is 5.82 Å². The van der Waals surface area contributed by atoms with Crippen LogP contribution in [0.25, 0.3) is 5.69 Å². The Hall–Kier alpha value is -2.40. The molecule has 150 valence electrons. The van der Waals surface area contributed by atoms with Gasteiger partial charge < -0.3 is 0 Å². The van der Waals surface area contributed by atoms with Gasteiger partial charge in [-0.1, -0.05) is 29.3 Å². The summed E-state index contributed by atoms with van der Waals surface area (Å²) in [5.41, 5.74) is -0.218. The van der Waals surface area contributed by atoms with Crippen molar-refractivity contribution in [3.8, 4) is 5.69 Å². The van der Waals surface area contributed by atoms with E-state index in [9.17, 15) is 17.2 Å². The third-order valence-electron chi connectivity index (χ3n) is 4.30. The fraction of sp³-hybridized carbons (Fsp3) is 0.118. The Balaban J connectivity index is 2.12. The SMILES string of the molecule is C[C@@H]1N=C(c2c(F)cccc2F)c2c(ccc(Cl)c2Cl)-n2nc(S(N)(=O)=O)nc21. The molecule has 0 saturated carbocycles. The van der Waals surface area contributed by atoms with Gasteiger partial charge in [-0.15, -0.1) is 5.10 Å². The van der Waals surface area contributed by atoms with E-state index in [0.29, 0.717) is 0 Å². The zero-order chi connectivity index (χ0) is 21.1. The van der Waals surface area contributed by atoms with Gasteiger partial charge in [-0.05, 0) is 31.2 Å². The molecule has 2 N–H and O–H groups in total. The summed E-state index contributed by atoms with van der Waals surface area (Å²) in [5, 5.41) is 8.55. The number of benzene rings is 2. The molecular formula is C17H11Cl2F2N5O2S. The molecule has 7 nitrogen and oxygen atoms in total. The zero-order valence-corrected chi connectivity index (χ0v) is 16.9. The zero-order valence-electron chi connectivity index (χ0n) is 14.6. The first kappa shape index (κ1) is 19.9. The van der Waals surface area contributed by atoms with Crippen LogP contribution in [0.3, 0.4) is 0 Å². The summed E-state index contributed by atoms with van der Waals surface area (Å²) in [6.45, 7) is 1.56. The lowest BCUT2D eigenvalue weighted by atomic mass is 9.99. The molecule has 0 bridgehead atoms. The van der Waals surface area contributed by atoms with Crippen LogP contribution in [-0.2, 0) is 10.0 Å². The van der Waals surface area contributed by atoms with Gasteiger partial charge in [0.1, 0.15) is 17.7 Å². The van der Waals surface area contributed by atoms with Crippen molar-refractivity contribution in [2.24, 2.45) is 10.1 Å². The normalized spacial score (nSPS) is 16.1. The molecule has 12 heteroatoms. The van der Waals surface area contributed by atoms with Gasteiger partial charge in [0.2, 0.25) is 0 Å². The van der Waals surface area contributed by atoms with Gasteiger partial charge in [-0.3, -0.25) is 4.99 Å². The second-order valence-electron chi connectivity index (χ2n) is 6.22. The van der Waals surface area contributed by atoms with E-state index in [4.69, 9.17) is 28.3 Å². The third kappa shape index (κ3) is 3.21. The molecule has 0 unspecified atom stereocenters. The lowest BCUT2D eigenvalue weighted by Gasteiger charge is -2.14. The number of primary sulfonamides is 1. The summed E-state index contributed by atoms with van der Waals surface area (Å²) in [5.74, 6) is -1.60. The Morgan fingerprint density at radius 3 is 2.38 bits per heavy atom. The average Bonchev–Trinajstić information content (AvgIpc) is 3.04. The van der Waals surface area contributed by atoms with Crippen LogP contribution in [0.5, 0.6) is 0 Å². The number of hydrogen-bond acceptors (Lipinski definition) is 5. The highest BCUT2D eigenvalue weighted by molar-refractivity contribution is 7.89. The molecule has 1 atom stereocenters. The molecule has 0 radical (unpaired) electrons. The Kier molecular flexibility index (Phi) is 4.69. The van der Waals surface area contributed by atoms with Crippen molar-refractivity contribution in [3.05, 3.63) is 69.0 Å². The molecule has 0 aliphatic carbocycles. The third-order valence-corrected chi connectivity index (χ3v) is 5.79. The van der Waals surface area contributed by atoms with Crippen molar-refractivity contribution in [2.45, 2.75) is 18.1 Å². The summed E-state index contributed by atoms with van der Waals surface area (Å²) in [7, 11) is -4.20. The molecular weight excluding hydrogens is 447 g/mol. The van der Waals surface area contributed by atoms with E-state index in [1.165, 1.54) is 22.9 Å². The number of nitrogens with zero attached hydrogens (tertiary/aromatic N) is 4. The highest BCUT2D eigenvalue weighted by Gasteiger charge is 2.32. The van der Waals surface area contributed by atoms with E-state index < -0.39 is 38.4 Å². The molecule has 0 saturated heterocycles. The maximum absolute atomic E-state index is 14.6. The topological polar surface area (TPSA) is 103 Å². The molecule has 0 spiro atoms. The van der Waals surface area contributed by atoms with Crippen molar-refractivity contribution in [2.75, 3.05) is 0 Å². The molecule has 2 heterocycles. The monoisotopic (exact) mass is 457 g/mol. The summed E-state index contributed by atoms with van der Waals surface area (Å²) < 4.78 is 53.7. The van der Waals surface area contributed by atoms with E-state index in [0.717, 1.165) is 12.1 Å². The van der Waals surface area contributed by atoms with Crippen molar-refractivity contribution >= 4 is 38.9 Å². The molecule has 1 aliphatic rings. The van der Waals surface area contributed by atoms with Crippen LogP contribution < -0.4 is 5.14 Å². The van der Waals surface area contributed by atoms with Gasteiger partial charge in [-0.2, -0.15) is 4.98 Å². The molecule has 29 heavy (non-hydrogen) atoms. The minimum atomic E-state index is -4.20. The van der Waals surface area contributed by atoms with E-state index >= 15 is 0 Å². The quantitative estimate of drug-likeness (QED) is 0.636. The summed E-state index contributed by atoms with van der Waals surface area (Å²) in [4.78, 5) is 8.34. The van der Waals surface area contributed by atoms with Gasteiger partial charge in [-0.25, -0.2) is 27.0 Å². The fourth-order valence-electron chi connectivity index (χ4n) is 3.04. The Morgan fingerprint density at radius 2 is 1.76 bits per heavy atom. The fourth-order valence-corrected chi connectivity index (χ4v) is 3.87. The number of nitrogens with two attached hydrogens (primary N) is 1. The first-order chi connectivity index (χ1) is 13.6. The van der Waals surface area contributed by atoms with Crippen LogP contribution in [0.15, 0.2) is 40.5 Å². The van der Waals surface area contributed by atoms with Crippen molar-refractivity contribution in [1.29, 1.82) is 0 Å². The lowest BCUT2D eigenvalue weighted by molar-refractivity contribution is 0.578. The van der Waals surface area contributed by atoms with E-state index in [2.05, 4.69) is 15.1 Å². The van der Waals surface area contributed by atoms with Crippen LogP contribution in [-0.4, -0.2) is 28.9 Å². The minimum Gasteiger partial charge on any atom is -0.273 e. The Bertz CT molecular complexity index is 1290. The highest BCUT2D eigenvalue weighted by atomic mass is 35.5. The average molecular weight is 458 g/mol. The number of sulfonamides is 1. The Labute approximate surface area is 173 Å². The maximum Gasteiger partial charge on any atom is 0.282 e. The second kappa shape index (κ2) is 6.84. The molecule has 0 fully saturated rings. The minimum absolute atomic E-state index is 0.0294. The molecule has 1 aliphatic heterocycles. The van der Waals surface area contributed by atoms with E-state index in [1.54, 1.807) is 6.92 Å². The van der Waals surface area contributed by atoms with Crippen molar-refractivity contribution < 1.29 is 17.2 Å². The van der Waals surface area contributed by atoms with Crippen LogP contribution in [0.1, 0.15) is 29.9 Å². The molecule has 0 amide bonds. The molecule has 4 rings (SSSR count). The number of fused-ring (bicyclic) bond motifs is 3. The summed E-state index contributed by atoms with van der Waals surface area (Å²) in [6.07, 6.45) is 0. The van der Waals surface area contributed by atoms with Crippen LogP contribution in [0.4, 0.5) is 8.78 Å². The molecule has 3 aromatic rings. The van der Waals surface area contributed by atoms with Crippen LogP contribution in [0.2, 0.25) is 10.0 Å². The van der Waals surface area contributed by atoms with Gasteiger partial charge in [0.25, 0.3) is 15.2 Å². The first-order valence-corrected chi connectivity index (χ1v) is 10.4. The predicted molar refractivity (Wildman–Crippen MR) is 103 cm³/mol. The number of hydrogen-bond donors (Lipinski definition) is 1. The predicted octanol–water partition coefficient (Wildman–Crippen LogP) is 3.41. The van der Waals surface area contributed by atoms with Gasteiger partial charge in [0, 0.05) is 5.56 Å². The standard InChI is InChI=1S/C17H11Cl2F2N5O2S/c1-7-16-24-17(29(22,27)28)25-26(16)11-6-5-8(18)14(19)13(11)15(23-7)12-9(20)3-2-4-10(12)21/h2-7H,1H3,(H2,22,27,28)/t7-/m0/s1. The molecule has 2 aromatic carbocycles. The van der Waals surface area contributed by atoms with Crippen LogP contribution >= 0.6 is 23.2 Å². The summed E-state index contributed by atoms with van der Waals surface area (Å²) in [6, 6.07) is 5.47. The number of aliphatic imine (C=N–C) groups is 1. The van der Waals surface area contributed by atoms with E-state index in [-0.39, 0.29) is 32.8 Å². The molecule has 1 aromatic heterocycles. The number of rotatable bonds is 2. The summed E-state index contributed by atoms with van der Waals surface area (Å²) >= 11 is 12.5. The van der Waals surface area contributed by atoms with Crippen LogP contribution in [0, 0.1) is 11.6 Å². The second-order valence-corrected chi connectivity index (χ2v) is 8.46. The smallest absolute Gasteiger partial charge is 0.273 e. The first-order valence-electron chi connectivity index (χ1n) is 8.10. The highest BCUT2D eigenvalue weighted by Crippen LogP contribution is 2.38. The van der Waals surface area contributed by atoms with E-state index in [1.807, 2.05) is 0 Å². The van der Waals surface area contributed by atoms with Crippen molar-refractivity contribution in [3.63, 3.8) is 0 Å². The van der Waals surface area contributed by atoms with Gasteiger partial charge >= 0.3 is 0 Å². The van der Waals surface area contributed by atoms with Crippen molar-refractivity contribution in [1.82, 2.24) is 14.8 Å². The Morgan fingerprint density at radius 1 is 1.10 bits per heavy atom. The van der Waals surface area contributed by atoms with Gasteiger partial charge in [0.05, 0.1) is 27.0 Å². The number of aromatic nitrogens is 3. The maximum atomic E-state index is 14.6. The lowest BCUT2D eigenvalue weighted by Crippen LogP contribution is -2.15.